The molecule has 0 amide bonds. The Bertz CT molecular complexity index is 233. The van der Waals surface area contributed by atoms with Crippen LogP contribution < -0.4 is 5.73 Å². The van der Waals surface area contributed by atoms with Crippen molar-refractivity contribution in [3.05, 3.63) is 29.6 Å². The highest BCUT2D eigenvalue weighted by atomic mass is 16.3. The van der Waals surface area contributed by atoms with Gasteiger partial charge in [0, 0.05) is 24.0 Å². The van der Waals surface area contributed by atoms with E-state index in [9.17, 15) is 5.11 Å². The molecule has 1 aromatic heterocycles. The van der Waals surface area contributed by atoms with Crippen LogP contribution >= 0.6 is 0 Å². The normalized spacial score (nSPS) is 12.9. The van der Waals surface area contributed by atoms with E-state index in [0.29, 0.717) is 0 Å². The van der Waals surface area contributed by atoms with E-state index in [2.05, 4.69) is 4.98 Å². The Morgan fingerprint density at radius 2 is 2.33 bits per heavy atom. The molecule has 0 bridgehead atoms. The molecule has 0 aliphatic carbocycles. The SMILES string of the molecule is CCc1ccc(C(O)CN)cn1. The van der Waals surface area contributed by atoms with Crippen LogP contribution in [-0.4, -0.2) is 16.6 Å². The number of hydrogen-bond acceptors (Lipinski definition) is 3. The Morgan fingerprint density at radius 3 is 2.75 bits per heavy atom. The van der Waals surface area contributed by atoms with E-state index in [1.165, 1.54) is 0 Å². The van der Waals surface area contributed by atoms with Crippen molar-refractivity contribution in [1.29, 1.82) is 0 Å². The average Bonchev–Trinajstić information content (AvgIpc) is 2.17. The molecule has 1 atom stereocenters. The fourth-order valence-electron chi connectivity index (χ4n) is 0.978. The molecular weight excluding hydrogens is 152 g/mol. The van der Waals surface area contributed by atoms with Crippen molar-refractivity contribution in [2.24, 2.45) is 5.73 Å². The molecule has 1 heterocycles. The number of pyridine rings is 1. The van der Waals surface area contributed by atoms with E-state index in [0.717, 1.165) is 17.7 Å². The van der Waals surface area contributed by atoms with Crippen molar-refractivity contribution in [2.75, 3.05) is 6.54 Å². The molecule has 1 aromatic rings. The predicted octanol–water partition coefficient (Wildman–Crippen LogP) is 0.636. The first-order chi connectivity index (χ1) is 5.77. The van der Waals surface area contributed by atoms with Gasteiger partial charge in [0.2, 0.25) is 0 Å². The number of aliphatic hydroxyl groups is 1. The maximum Gasteiger partial charge on any atom is 0.0927 e. The smallest absolute Gasteiger partial charge is 0.0927 e. The standard InChI is InChI=1S/C9H14N2O/c1-2-8-4-3-7(6-11-8)9(12)5-10/h3-4,6,9,12H,2,5,10H2,1H3. The third kappa shape index (κ3) is 2.03. The lowest BCUT2D eigenvalue weighted by Crippen LogP contribution is -2.11. The molecule has 0 aromatic carbocycles. The molecule has 3 heteroatoms. The molecule has 1 unspecified atom stereocenters. The summed E-state index contributed by atoms with van der Waals surface area (Å²) in [5.74, 6) is 0. The van der Waals surface area contributed by atoms with Crippen LogP contribution in [0.25, 0.3) is 0 Å². The fourth-order valence-corrected chi connectivity index (χ4v) is 0.978. The first-order valence-corrected chi connectivity index (χ1v) is 4.11. The van der Waals surface area contributed by atoms with Gasteiger partial charge in [0.1, 0.15) is 0 Å². The summed E-state index contributed by atoms with van der Waals surface area (Å²) in [7, 11) is 0. The maximum absolute atomic E-state index is 9.33. The van der Waals surface area contributed by atoms with Gasteiger partial charge in [0.05, 0.1) is 6.10 Å². The second kappa shape index (κ2) is 4.18. The monoisotopic (exact) mass is 166 g/mol. The minimum Gasteiger partial charge on any atom is -0.387 e. The Hall–Kier alpha value is -0.930. The van der Waals surface area contributed by atoms with E-state index in [-0.39, 0.29) is 6.54 Å². The third-order valence-electron chi connectivity index (χ3n) is 1.82. The van der Waals surface area contributed by atoms with E-state index >= 15 is 0 Å². The van der Waals surface area contributed by atoms with Crippen LogP contribution in [0.2, 0.25) is 0 Å². The quantitative estimate of drug-likeness (QED) is 0.692. The van der Waals surface area contributed by atoms with E-state index in [4.69, 9.17) is 5.73 Å². The number of rotatable bonds is 3. The van der Waals surface area contributed by atoms with Crippen molar-refractivity contribution in [2.45, 2.75) is 19.4 Å². The molecule has 0 saturated carbocycles. The number of hydrogen-bond donors (Lipinski definition) is 2. The van der Waals surface area contributed by atoms with Gasteiger partial charge in [-0.05, 0) is 12.5 Å². The Morgan fingerprint density at radius 1 is 1.58 bits per heavy atom. The largest absolute Gasteiger partial charge is 0.387 e. The second-order valence-electron chi connectivity index (χ2n) is 2.69. The number of nitrogens with two attached hydrogens (primary N) is 1. The van der Waals surface area contributed by atoms with Gasteiger partial charge in [-0.1, -0.05) is 13.0 Å². The van der Waals surface area contributed by atoms with Gasteiger partial charge in [-0.2, -0.15) is 0 Å². The lowest BCUT2D eigenvalue weighted by atomic mass is 10.1. The highest BCUT2D eigenvalue weighted by Crippen LogP contribution is 2.09. The average molecular weight is 166 g/mol. The summed E-state index contributed by atoms with van der Waals surface area (Å²) in [4.78, 5) is 4.15. The van der Waals surface area contributed by atoms with Crippen LogP contribution in [0.5, 0.6) is 0 Å². The summed E-state index contributed by atoms with van der Waals surface area (Å²) in [5.41, 5.74) is 7.11. The van der Waals surface area contributed by atoms with Crippen LogP contribution in [0.1, 0.15) is 24.3 Å². The summed E-state index contributed by atoms with van der Waals surface area (Å²) >= 11 is 0. The number of aromatic nitrogens is 1. The molecule has 0 aliphatic heterocycles. The fraction of sp³-hybridized carbons (Fsp3) is 0.444. The molecule has 0 spiro atoms. The topological polar surface area (TPSA) is 59.1 Å². The molecule has 0 aliphatic rings. The predicted molar refractivity (Wildman–Crippen MR) is 47.6 cm³/mol. The van der Waals surface area contributed by atoms with Crippen LogP contribution in [0.15, 0.2) is 18.3 Å². The molecule has 1 rings (SSSR count). The highest BCUT2D eigenvalue weighted by molar-refractivity contribution is 5.16. The van der Waals surface area contributed by atoms with Crippen LogP contribution in [0, 0.1) is 0 Å². The molecule has 3 N–H and O–H groups in total. The van der Waals surface area contributed by atoms with E-state index < -0.39 is 6.10 Å². The molecule has 0 saturated heterocycles. The molecule has 0 radical (unpaired) electrons. The summed E-state index contributed by atoms with van der Waals surface area (Å²) < 4.78 is 0. The van der Waals surface area contributed by atoms with Gasteiger partial charge < -0.3 is 10.8 Å². The zero-order valence-electron chi connectivity index (χ0n) is 7.20. The number of aliphatic hydroxyl groups excluding tert-OH is 1. The van der Waals surface area contributed by atoms with Gasteiger partial charge in [-0.15, -0.1) is 0 Å². The Balaban J connectivity index is 2.77. The Kier molecular flexibility index (Phi) is 3.19. The first kappa shape index (κ1) is 9.16. The highest BCUT2D eigenvalue weighted by Gasteiger charge is 2.03. The molecule has 66 valence electrons. The van der Waals surface area contributed by atoms with Gasteiger partial charge in [0.15, 0.2) is 0 Å². The number of nitrogens with zero attached hydrogens (tertiary/aromatic N) is 1. The molecule has 12 heavy (non-hydrogen) atoms. The lowest BCUT2D eigenvalue weighted by molar-refractivity contribution is 0.186. The first-order valence-electron chi connectivity index (χ1n) is 4.11. The van der Waals surface area contributed by atoms with Gasteiger partial charge >= 0.3 is 0 Å². The van der Waals surface area contributed by atoms with Crippen molar-refractivity contribution in [3.63, 3.8) is 0 Å². The van der Waals surface area contributed by atoms with Crippen LogP contribution in [0.3, 0.4) is 0 Å². The molecule has 0 fully saturated rings. The maximum atomic E-state index is 9.33. The minimum atomic E-state index is -0.580. The van der Waals surface area contributed by atoms with Crippen molar-refractivity contribution < 1.29 is 5.11 Å². The summed E-state index contributed by atoms with van der Waals surface area (Å²) in [6, 6.07) is 3.78. The summed E-state index contributed by atoms with van der Waals surface area (Å²) in [5, 5.41) is 9.33. The van der Waals surface area contributed by atoms with Crippen LogP contribution in [0.4, 0.5) is 0 Å². The zero-order valence-corrected chi connectivity index (χ0v) is 7.20. The molecular formula is C9H14N2O. The van der Waals surface area contributed by atoms with Crippen molar-refractivity contribution in [3.8, 4) is 0 Å². The minimum absolute atomic E-state index is 0.243. The Labute approximate surface area is 72.2 Å². The van der Waals surface area contributed by atoms with Crippen LogP contribution in [-0.2, 0) is 6.42 Å². The van der Waals surface area contributed by atoms with E-state index in [1.807, 2.05) is 19.1 Å². The van der Waals surface area contributed by atoms with Crippen molar-refractivity contribution >= 4 is 0 Å². The zero-order chi connectivity index (χ0) is 8.97. The summed E-state index contributed by atoms with van der Waals surface area (Å²) in [6.07, 6.45) is 2.01. The van der Waals surface area contributed by atoms with E-state index in [1.54, 1.807) is 6.20 Å². The van der Waals surface area contributed by atoms with Gasteiger partial charge in [-0.25, -0.2) is 0 Å². The lowest BCUT2D eigenvalue weighted by Gasteiger charge is -2.07. The van der Waals surface area contributed by atoms with Crippen molar-refractivity contribution in [1.82, 2.24) is 4.98 Å². The van der Waals surface area contributed by atoms with Gasteiger partial charge in [0.25, 0.3) is 0 Å². The second-order valence-corrected chi connectivity index (χ2v) is 2.69. The summed E-state index contributed by atoms with van der Waals surface area (Å²) in [6.45, 7) is 2.29. The van der Waals surface area contributed by atoms with Gasteiger partial charge in [-0.3, -0.25) is 4.98 Å². The number of aryl methyl sites for hydroxylation is 1. The third-order valence-corrected chi connectivity index (χ3v) is 1.82. The molecule has 3 nitrogen and oxygen atoms in total.